The number of aromatic nitrogens is 1. The van der Waals surface area contributed by atoms with Crippen LogP contribution in [0, 0.1) is 0 Å². The van der Waals surface area contributed by atoms with Gasteiger partial charge >= 0.3 is 5.76 Å². The Labute approximate surface area is 160 Å². The Balaban J connectivity index is 1.72. The van der Waals surface area contributed by atoms with Gasteiger partial charge in [0.15, 0.2) is 0 Å². The summed E-state index contributed by atoms with van der Waals surface area (Å²) >= 11 is 0. The van der Waals surface area contributed by atoms with E-state index >= 15 is 0 Å². The monoisotopic (exact) mass is 406 g/mol. The average Bonchev–Trinajstić information content (AvgIpc) is 3.16. The van der Waals surface area contributed by atoms with Crippen molar-refractivity contribution >= 4 is 21.6 Å². The molecule has 0 saturated heterocycles. The van der Waals surface area contributed by atoms with Gasteiger partial charge in [-0.25, -0.2) is 8.42 Å². The normalized spacial score (nSPS) is 11.6. The second-order valence-corrected chi connectivity index (χ2v) is 7.83. The van der Waals surface area contributed by atoms with Crippen LogP contribution in [0.2, 0.25) is 0 Å². The van der Waals surface area contributed by atoms with Crippen LogP contribution in [0.3, 0.4) is 0 Å². The number of sulfone groups is 1. The third kappa shape index (κ3) is 4.09. The van der Waals surface area contributed by atoms with E-state index in [-0.39, 0.29) is 11.4 Å². The molecule has 0 spiro atoms. The zero-order valence-electron chi connectivity index (χ0n) is 14.7. The number of benzene rings is 2. The summed E-state index contributed by atoms with van der Waals surface area (Å²) in [7, 11) is -4.70. The molecule has 0 bridgehead atoms. The quantitative estimate of drug-likeness (QED) is 0.664. The Hall–Kier alpha value is -3.07. The smallest absolute Gasteiger partial charge is 0.338 e. The first-order valence-corrected chi connectivity index (χ1v) is 9.85. The first kappa shape index (κ1) is 19.7. The van der Waals surface area contributed by atoms with Gasteiger partial charge in [0.25, 0.3) is 5.91 Å². The molecule has 146 valence electrons. The highest BCUT2D eigenvalue weighted by Crippen LogP contribution is 2.23. The minimum atomic E-state index is -4.70. The highest BCUT2D eigenvalue weighted by atomic mass is 32.2. The van der Waals surface area contributed by atoms with Crippen LogP contribution in [0.1, 0.15) is 22.8 Å². The van der Waals surface area contributed by atoms with E-state index in [1.807, 2.05) is 31.2 Å². The third-order valence-corrected chi connectivity index (χ3v) is 5.48. The molecule has 1 N–H and O–H groups in total. The van der Waals surface area contributed by atoms with E-state index in [2.05, 4.69) is 10.5 Å². The first-order chi connectivity index (χ1) is 13.3. The Bertz CT molecular complexity index is 1080. The van der Waals surface area contributed by atoms with Crippen molar-refractivity contribution in [2.45, 2.75) is 24.0 Å². The maximum atomic E-state index is 12.5. The number of hydrogen-bond donors (Lipinski definition) is 1. The summed E-state index contributed by atoms with van der Waals surface area (Å²) in [5.41, 5.74) is 2.62. The number of carbonyl (C=O) groups is 1. The van der Waals surface area contributed by atoms with Crippen LogP contribution in [0.25, 0.3) is 11.3 Å². The average molecular weight is 406 g/mol. The molecule has 2 aromatic carbocycles. The maximum absolute atomic E-state index is 12.5. The maximum Gasteiger partial charge on any atom is 0.341 e. The number of alkyl halides is 2. The molecule has 0 atom stereocenters. The van der Waals surface area contributed by atoms with Crippen LogP contribution in [0.5, 0.6) is 0 Å². The van der Waals surface area contributed by atoms with Crippen molar-refractivity contribution in [1.29, 1.82) is 0 Å². The molecule has 1 heterocycles. The van der Waals surface area contributed by atoms with E-state index in [0.29, 0.717) is 5.69 Å². The van der Waals surface area contributed by atoms with Crippen LogP contribution in [0.15, 0.2) is 64.0 Å². The Morgan fingerprint density at radius 2 is 1.75 bits per heavy atom. The molecule has 3 rings (SSSR count). The summed E-state index contributed by atoms with van der Waals surface area (Å²) in [6.45, 7) is 2.05. The van der Waals surface area contributed by atoms with E-state index in [1.165, 1.54) is 5.56 Å². The molecule has 1 aromatic heterocycles. The zero-order chi connectivity index (χ0) is 20.3. The van der Waals surface area contributed by atoms with Gasteiger partial charge in [-0.15, -0.1) is 0 Å². The first-order valence-electron chi connectivity index (χ1n) is 8.30. The molecule has 0 radical (unpaired) electrons. The summed E-state index contributed by atoms with van der Waals surface area (Å²) in [5.74, 6) is -4.01. The lowest BCUT2D eigenvalue weighted by Gasteiger charge is -2.04. The molecule has 9 heteroatoms. The van der Waals surface area contributed by atoms with Gasteiger partial charge in [-0.2, -0.15) is 8.78 Å². The highest BCUT2D eigenvalue weighted by molar-refractivity contribution is 7.91. The highest BCUT2D eigenvalue weighted by Gasteiger charge is 2.26. The van der Waals surface area contributed by atoms with Gasteiger partial charge in [0, 0.05) is 17.2 Å². The second-order valence-electron chi connectivity index (χ2n) is 5.91. The Morgan fingerprint density at radius 1 is 1.11 bits per heavy atom. The van der Waals surface area contributed by atoms with Crippen molar-refractivity contribution in [1.82, 2.24) is 5.16 Å². The van der Waals surface area contributed by atoms with Crippen LogP contribution in [-0.4, -0.2) is 25.2 Å². The van der Waals surface area contributed by atoms with Crippen LogP contribution in [0.4, 0.5) is 14.7 Å². The summed E-state index contributed by atoms with van der Waals surface area (Å²) in [6.07, 6.45) is 0.914. The van der Waals surface area contributed by atoms with Crippen molar-refractivity contribution in [3.8, 4) is 11.3 Å². The summed E-state index contributed by atoms with van der Waals surface area (Å²) in [6, 6.07) is 13.5. The van der Waals surface area contributed by atoms with Crippen LogP contribution >= 0.6 is 0 Å². The van der Waals surface area contributed by atoms with Crippen molar-refractivity contribution in [3.63, 3.8) is 0 Å². The number of hydrogen-bond acceptors (Lipinski definition) is 5. The Kier molecular flexibility index (Phi) is 5.55. The number of nitrogens with one attached hydrogen (secondary N) is 1. The number of rotatable bonds is 6. The van der Waals surface area contributed by atoms with Crippen molar-refractivity contribution in [3.05, 3.63) is 65.7 Å². The third-order valence-electron chi connectivity index (χ3n) is 4.08. The molecule has 3 aromatic rings. The zero-order valence-corrected chi connectivity index (χ0v) is 15.5. The van der Waals surface area contributed by atoms with Gasteiger partial charge in [-0.3, -0.25) is 10.1 Å². The number of nitrogens with zero attached hydrogens (tertiary/aromatic N) is 1. The largest absolute Gasteiger partial charge is 0.341 e. The van der Waals surface area contributed by atoms with E-state index in [4.69, 9.17) is 4.52 Å². The van der Waals surface area contributed by atoms with Gasteiger partial charge in [-0.1, -0.05) is 36.3 Å². The molecular weight excluding hydrogens is 390 g/mol. The molecule has 1 amide bonds. The van der Waals surface area contributed by atoms with Crippen molar-refractivity contribution in [2.24, 2.45) is 0 Å². The summed E-state index contributed by atoms with van der Waals surface area (Å²) in [5, 5.41) is 6.39. The molecule has 0 saturated carbocycles. The second kappa shape index (κ2) is 7.89. The Morgan fingerprint density at radius 3 is 2.32 bits per heavy atom. The predicted molar refractivity (Wildman–Crippen MR) is 98.9 cm³/mol. The fourth-order valence-corrected chi connectivity index (χ4v) is 3.19. The molecule has 0 aliphatic rings. The fourth-order valence-electron chi connectivity index (χ4n) is 2.46. The van der Waals surface area contributed by atoms with Gasteiger partial charge < -0.3 is 4.52 Å². The molecule has 0 aliphatic heterocycles. The van der Waals surface area contributed by atoms with Gasteiger partial charge in [0.05, 0.1) is 4.90 Å². The number of aryl methyl sites for hydroxylation is 1. The van der Waals surface area contributed by atoms with E-state index in [0.717, 1.165) is 36.2 Å². The topological polar surface area (TPSA) is 89.3 Å². The van der Waals surface area contributed by atoms with Gasteiger partial charge in [-0.05, 0) is 36.2 Å². The lowest BCUT2D eigenvalue weighted by molar-refractivity contribution is 0.102. The lowest BCUT2D eigenvalue weighted by atomic mass is 10.1. The number of anilines is 1. The lowest BCUT2D eigenvalue weighted by Crippen LogP contribution is -2.13. The van der Waals surface area contributed by atoms with Crippen LogP contribution < -0.4 is 5.32 Å². The summed E-state index contributed by atoms with van der Waals surface area (Å²) < 4.78 is 53.0. The van der Waals surface area contributed by atoms with Crippen molar-refractivity contribution < 1.29 is 26.5 Å². The number of carbonyl (C=O) groups excluding carboxylic acids is 1. The minimum absolute atomic E-state index is 0.0819. The van der Waals surface area contributed by atoms with Crippen molar-refractivity contribution in [2.75, 3.05) is 5.32 Å². The fraction of sp³-hybridized carbons (Fsp3) is 0.158. The van der Waals surface area contributed by atoms with Gasteiger partial charge in [0.2, 0.25) is 15.7 Å². The van der Waals surface area contributed by atoms with Gasteiger partial charge in [0.1, 0.15) is 5.69 Å². The predicted octanol–water partition coefficient (Wildman–Crippen LogP) is 4.15. The molecular formula is C19H16F2N2O4S. The molecule has 6 nitrogen and oxygen atoms in total. The minimum Gasteiger partial charge on any atom is -0.338 e. The molecule has 0 unspecified atom stereocenters. The standard InChI is InChI=1S/C19H16F2N2O4S/c1-2-12-3-5-13(6-4-12)16-11-17(27-23-16)22-18(24)14-7-9-15(10-8-14)28(25,26)19(20)21/h3-11,19H,2H2,1H3,(H,22,24). The van der Waals surface area contributed by atoms with E-state index < -0.39 is 26.4 Å². The SMILES string of the molecule is CCc1ccc(-c2cc(NC(=O)c3ccc(S(=O)(=O)C(F)F)cc3)on2)cc1. The molecule has 28 heavy (non-hydrogen) atoms. The van der Waals surface area contributed by atoms with E-state index in [1.54, 1.807) is 6.07 Å². The number of halogens is 2. The van der Waals surface area contributed by atoms with Crippen LogP contribution in [-0.2, 0) is 16.3 Å². The summed E-state index contributed by atoms with van der Waals surface area (Å²) in [4.78, 5) is 11.7. The number of amides is 1. The molecule has 0 fully saturated rings. The van der Waals surface area contributed by atoms with E-state index in [9.17, 15) is 22.0 Å². The molecule has 0 aliphatic carbocycles.